The SMILES string of the molecule is CO[Si](OC)(OC)c1cccc(N)c1.[SiH4]. The van der Waals surface area contributed by atoms with Crippen molar-refractivity contribution in [2.75, 3.05) is 27.1 Å². The smallest absolute Gasteiger partial charge is 0.399 e. The van der Waals surface area contributed by atoms with Crippen molar-refractivity contribution in [2.24, 2.45) is 0 Å². The minimum atomic E-state index is -2.70. The molecule has 0 aliphatic rings. The van der Waals surface area contributed by atoms with Gasteiger partial charge >= 0.3 is 8.80 Å². The Bertz CT molecular complexity index is 297. The van der Waals surface area contributed by atoms with Crippen LogP contribution in [0.25, 0.3) is 0 Å². The molecule has 6 heteroatoms. The Balaban J connectivity index is 0.00000196. The molecule has 0 atom stereocenters. The summed E-state index contributed by atoms with van der Waals surface area (Å²) in [5, 5.41) is 0.866. The third-order valence-electron chi connectivity index (χ3n) is 2.05. The zero-order chi connectivity index (χ0) is 10.6. The van der Waals surface area contributed by atoms with E-state index in [9.17, 15) is 0 Å². The summed E-state index contributed by atoms with van der Waals surface area (Å²) in [6.07, 6.45) is 0. The molecule has 0 radical (unpaired) electrons. The number of hydrogen-bond donors (Lipinski definition) is 1. The van der Waals surface area contributed by atoms with Gasteiger partial charge in [-0.15, -0.1) is 0 Å². The highest BCUT2D eigenvalue weighted by Gasteiger charge is 2.40. The summed E-state index contributed by atoms with van der Waals surface area (Å²) in [5.41, 5.74) is 6.35. The molecule has 0 amide bonds. The fourth-order valence-electron chi connectivity index (χ4n) is 1.33. The van der Waals surface area contributed by atoms with Crippen LogP contribution in [-0.4, -0.2) is 41.1 Å². The van der Waals surface area contributed by atoms with Gasteiger partial charge in [0.1, 0.15) is 0 Å². The van der Waals surface area contributed by atoms with E-state index in [2.05, 4.69) is 0 Å². The minimum Gasteiger partial charge on any atom is -0.399 e. The Morgan fingerprint density at radius 3 is 2.00 bits per heavy atom. The minimum absolute atomic E-state index is 0. The second-order valence-electron chi connectivity index (χ2n) is 2.79. The average Bonchev–Trinajstić information content (AvgIpc) is 2.22. The van der Waals surface area contributed by atoms with Gasteiger partial charge in [-0.3, -0.25) is 0 Å². The van der Waals surface area contributed by atoms with Crippen LogP contribution < -0.4 is 10.9 Å². The van der Waals surface area contributed by atoms with Crippen LogP contribution in [-0.2, 0) is 13.3 Å². The van der Waals surface area contributed by atoms with Crippen LogP contribution >= 0.6 is 0 Å². The fraction of sp³-hybridized carbons (Fsp3) is 0.333. The highest BCUT2D eigenvalue weighted by molar-refractivity contribution is 6.75. The highest BCUT2D eigenvalue weighted by atomic mass is 28.4. The molecule has 86 valence electrons. The summed E-state index contributed by atoms with van der Waals surface area (Å²) in [6, 6.07) is 7.36. The maximum absolute atomic E-state index is 5.67. The third kappa shape index (κ3) is 2.89. The van der Waals surface area contributed by atoms with Crippen LogP contribution in [0.15, 0.2) is 24.3 Å². The quantitative estimate of drug-likeness (QED) is 0.541. The molecule has 0 unspecified atom stereocenters. The molecule has 0 fully saturated rings. The first kappa shape index (κ1) is 14.3. The summed E-state index contributed by atoms with van der Waals surface area (Å²) in [5.74, 6) is 0. The molecule has 4 nitrogen and oxygen atoms in total. The van der Waals surface area contributed by atoms with Crippen molar-refractivity contribution in [1.29, 1.82) is 0 Å². The van der Waals surface area contributed by atoms with E-state index in [1.165, 1.54) is 0 Å². The first-order valence-electron chi connectivity index (χ1n) is 4.20. The molecule has 0 heterocycles. The second-order valence-corrected chi connectivity index (χ2v) is 5.71. The molecule has 0 saturated carbocycles. The summed E-state index contributed by atoms with van der Waals surface area (Å²) >= 11 is 0. The third-order valence-corrected chi connectivity index (χ3v) is 4.68. The average molecular weight is 245 g/mol. The topological polar surface area (TPSA) is 53.7 Å². The molecule has 0 aliphatic carbocycles. The molecule has 0 aromatic heterocycles. The van der Waals surface area contributed by atoms with E-state index in [-0.39, 0.29) is 11.0 Å². The van der Waals surface area contributed by atoms with Gasteiger partial charge in [-0.05, 0) is 23.1 Å². The molecule has 0 aliphatic heterocycles. The fourth-order valence-corrected chi connectivity index (χ4v) is 3.18. The van der Waals surface area contributed by atoms with Crippen LogP contribution in [0.4, 0.5) is 5.69 Å². The van der Waals surface area contributed by atoms with Gasteiger partial charge < -0.3 is 19.0 Å². The molecular weight excluding hydrogens is 226 g/mol. The van der Waals surface area contributed by atoms with Gasteiger partial charge in [0.15, 0.2) is 0 Å². The zero-order valence-electron chi connectivity index (χ0n) is 8.61. The lowest BCUT2D eigenvalue weighted by atomic mass is 10.3. The molecule has 1 aromatic rings. The first-order chi connectivity index (χ1) is 6.68. The lowest BCUT2D eigenvalue weighted by molar-refractivity contribution is 0.140. The van der Waals surface area contributed by atoms with Gasteiger partial charge in [0.05, 0.1) is 0 Å². The van der Waals surface area contributed by atoms with E-state index >= 15 is 0 Å². The Morgan fingerprint density at radius 1 is 1.07 bits per heavy atom. The van der Waals surface area contributed by atoms with Crippen LogP contribution in [0.3, 0.4) is 0 Å². The van der Waals surface area contributed by atoms with Gasteiger partial charge in [0.2, 0.25) is 0 Å². The van der Waals surface area contributed by atoms with Gasteiger partial charge in [0.25, 0.3) is 0 Å². The van der Waals surface area contributed by atoms with Crippen molar-refractivity contribution >= 4 is 30.6 Å². The Labute approximate surface area is 95.7 Å². The van der Waals surface area contributed by atoms with Crippen molar-refractivity contribution in [3.8, 4) is 0 Å². The highest BCUT2D eigenvalue weighted by Crippen LogP contribution is 2.09. The Kier molecular flexibility index (Phi) is 5.77. The maximum Gasteiger partial charge on any atom is 0.536 e. The lowest BCUT2D eigenvalue weighted by Crippen LogP contribution is -2.54. The number of benzene rings is 1. The number of anilines is 1. The molecule has 1 aromatic carbocycles. The van der Waals surface area contributed by atoms with Crippen LogP contribution in [0, 0.1) is 0 Å². The maximum atomic E-state index is 5.67. The van der Waals surface area contributed by atoms with Gasteiger partial charge in [-0.1, -0.05) is 12.1 Å². The Morgan fingerprint density at radius 2 is 1.60 bits per heavy atom. The predicted octanol–water partition coefficient (Wildman–Crippen LogP) is -1.10. The largest absolute Gasteiger partial charge is 0.536 e. The van der Waals surface area contributed by atoms with Gasteiger partial charge in [0, 0.05) is 32.2 Å². The van der Waals surface area contributed by atoms with Crippen molar-refractivity contribution in [3.05, 3.63) is 24.3 Å². The standard InChI is InChI=1S/C9H15NO3Si.H4Si/c1-11-14(12-2,13-3)9-6-4-5-8(10)7-9;/h4-7H,10H2,1-3H3;1H4. The number of rotatable bonds is 4. The van der Waals surface area contributed by atoms with Gasteiger partial charge in [-0.25, -0.2) is 0 Å². The predicted molar refractivity (Wildman–Crippen MR) is 68.6 cm³/mol. The first-order valence-corrected chi connectivity index (χ1v) is 5.92. The summed E-state index contributed by atoms with van der Waals surface area (Å²) in [6.45, 7) is 0. The van der Waals surface area contributed by atoms with Crippen LogP contribution in [0.1, 0.15) is 0 Å². The van der Waals surface area contributed by atoms with E-state index in [0.29, 0.717) is 5.69 Å². The molecule has 0 saturated heterocycles. The second kappa shape index (κ2) is 6.03. The normalized spacial score (nSPS) is 10.9. The summed E-state index contributed by atoms with van der Waals surface area (Å²) in [7, 11) is 2.01. The van der Waals surface area contributed by atoms with Crippen LogP contribution in [0.2, 0.25) is 0 Å². The molecule has 2 N–H and O–H groups in total. The molecule has 1 rings (SSSR count). The van der Waals surface area contributed by atoms with E-state index in [0.717, 1.165) is 5.19 Å². The zero-order valence-corrected chi connectivity index (χ0v) is 9.61. The van der Waals surface area contributed by atoms with E-state index in [1.54, 1.807) is 21.3 Å². The van der Waals surface area contributed by atoms with Crippen LogP contribution in [0.5, 0.6) is 0 Å². The molecular formula is C9H19NO3Si2. The van der Waals surface area contributed by atoms with E-state index in [1.807, 2.05) is 24.3 Å². The number of hydrogen-bond acceptors (Lipinski definition) is 4. The molecule has 0 spiro atoms. The Hall–Kier alpha value is -0.666. The lowest BCUT2D eigenvalue weighted by Gasteiger charge is -2.24. The van der Waals surface area contributed by atoms with E-state index in [4.69, 9.17) is 19.0 Å². The summed E-state index contributed by atoms with van der Waals surface area (Å²) in [4.78, 5) is 0. The molecule has 0 bridgehead atoms. The van der Waals surface area contributed by atoms with Crippen molar-refractivity contribution in [2.45, 2.75) is 0 Å². The van der Waals surface area contributed by atoms with Crippen molar-refractivity contribution < 1.29 is 13.3 Å². The number of nitrogens with two attached hydrogens (primary N) is 1. The monoisotopic (exact) mass is 245 g/mol. The van der Waals surface area contributed by atoms with E-state index < -0.39 is 8.80 Å². The van der Waals surface area contributed by atoms with Crippen molar-refractivity contribution in [3.63, 3.8) is 0 Å². The van der Waals surface area contributed by atoms with Gasteiger partial charge in [-0.2, -0.15) is 0 Å². The molecule has 15 heavy (non-hydrogen) atoms. The summed E-state index contributed by atoms with van der Waals surface area (Å²) < 4.78 is 15.9. The van der Waals surface area contributed by atoms with Crippen molar-refractivity contribution in [1.82, 2.24) is 0 Å². The number of nitrogen functional groups attached to an aromatic ring is 1.